The number of amides is 1. The fourth-order valence-corrected chi connectivity index (χ4v) is 4.51. The first kappa shape index (κ1) is 21.6. The predicted molar refractivity (Wildman–Crippen MR) is 119 cm³/mol. The normalized spacial score (nSPS) is 15.9. The second-order valence-electron chi connectivity index (χ2n) is 7.15. The molecule has 1 aliphatic rings. The summed E-state index contributed by atoms with van der Waals surface area (Å²) in [6.07, 6.45) is 5.03. The number of halogens is 2. The topological polar surface area (TPSA) is 107 Å². The molecule has 0 aliphatic carbocycles. The molecule has 0 bridgehead atoms. The molecule has 8 nitrogen and oxygen atoms in total. The highest BCUT2D eigenvalue weighted by atomic mass is 32.1. The Hall–Kier alpha value is -3.60. The number of hydrogen-bond acceptors (Lipinski definition) is 8. The maximum atomic E-state index is 14.2. The SMILES string of the molecule is C=NC1CCCN(c2ccncc2NC(=O)c2nc(-c3c(F)cccc3F)sc2N=N)C1. The lowest BCUT2D eigenvalue weighted by Crippen LogP contribution is -2.38. The number of carbonyl (C=O) groups is 1. The van der Waals surface area contributed by atoms with E-state index in [1.54, 1.807) is 12.3 Å². The Balaban J connectivity index is 1.64. The highest BCUT2D eigenvalue weighted by Crippen LogP contribution is 2.37. The van der Waals surface area contributed by atoms with E-state index >= 15 is 0 Å². The molecule has 1 amide bonds. The molecule has 164 valence electrons. The molecule has 0 saturated carbocycles. The predicted octanol–water partition coefficient (Wildman–Crippen LogP) is 5.07. The van der Waals surface area contributed by atoms with Gasteiger partial charge in [-0.25, -0.2) is 19.3 Å². The van der Waals surface area contributed by atoms with Crippen LogP contribution in [0.1, 0.15) is 23.3 Å². The molecule has 3 heterocycles. The Kier molecular flexibility index (Phi) is 6.26. The zero-order valence-corrected chi connectivity index (χ0v) is 17.7. The second-order valence-corrected chi connectivity index (χ2v) is 8.13. The van der Waals surface area contributed by atoms with Crippen molar-refractivity contribution in [1.29, 1.82) is 5.53 Å². The van der Waals surface area contributed by atoms with Crippen LogP contribution in [0.4, 0.5) is 25.2 Å². The number of pyridine rings is 1. The van der Waals surface area contributed by atoms with Crippen LogP contribution in [-0.2, 0) is 0 Å². The number of anilines is 2. The molecular formula is C21H19F2N7OS. The Morgan fingerprint density at radius 1 is 1.31 bits per heavy atom. The van der Waals surface area contributed by atoms with Crippen molar-refractivity contribution in [3.8, 4) is 10.6 Å². The third-order valence-corrected chi connectivity index (χ3v) is 6.11. The van der Waals surface area contributed by atoms with Crippen molar-refractivity contribution in [2.75, 3.05) is 23.3 Å². The van der Waals surface area contributed by atoms with Gasteiger partial charge in [-0.3, -0.25) is 14.8 Å². The van der Waals surface area contributed by atoms with Crippen molar-refractivity contribution < 1.29 is 13.6 Å². The second kappa shape index (κ2) is 9.27. The van der Waals surface area contributed by atoms with E-state index < -0.39 is 17.5 Å². The summed E-state index contributed by atoms with van der Waals surface area (Å²) in [5.74, 6) is -2.28. The van der Waals surface area contributed by atoms with Crippen molar-refractivity contribution in [1.82, 2.24) is 9.97 Å². The molecule has 1 unspecified atom stereocenters. The van der Waals surface area contributed by atoms with Gasteiger partial charge in [-0.05, 0) is 37.8 Å². The van der Waals surface area contributed by atoms with E-state index in [2.05, 4.69) is 37.0 Å². The van der Waals surface area contributed by atoms with Crippen LogP contribution in [0.15, 0.2) is 46.8 Å². The highest BCUT2D eigenvalue weighted by molar-refractivity contribution is 7.19. The van der Waals surface area contributed by atoms with Gasteiger partial charge in [0.1, 0.15) is 16.6 Å². The Morgan fingerprint density at radius 3 is 2.81 bits per heavy atom. The number of hydrogen-bond donors (Lipinski definition) is 2. The van der Waals surface area contributed by atoms with Crippen molar-refractivity contribution in [2.24, 2.45) is 10.1 Å². The quantitative estimate of drug-likeness (QED) is 0.400. The number of thiazole rings is 1. The van der Waals surface area contributed by atoms with Crippen LogP contribution in [0.2, 0.25) is 0 Å². The zero-order valence-electron chi connectivity index (χ0n) is 16.9. The Morgan fingerprint density at radius 2 is 2.09 bits per heavy atom. The molecule has 0 spiro atoms. The first-order valence-corrected chi connectivity index (χ1v) is 10.6. The molecule has 11 heteroatoms. The van der Waals surface area contributed by atoms with Gasteiger partial charge in [-0.1, -0.05) is 17.4 Å². The molecule has 2 N–H and O–H groups in total. The molecule has 2 aromatic heterocycles. The minimum atomic E-state index is -0.813. The molecule has 4 rings (SSSR count). The van der Waals surface area contributed by atoms with Gasteiger partial charge in [0, 0.05) is 19.3 Å². The van der Waals surface area contributed by atoms with E-state index in [9.17, 15) is 13.6 Å². The van der Waals surface area contributed by atoms with E-state index in [1.165, 1.54) is 12.3 Å². The van der Waals surface area contributed by atoms with E-state index in [-0.39, 0.29) is 27.3 Å². The molecule has 1 fully saturated rings. The molecular weight excluding hydrogens is 436 g/mol. The van der Waals surface area contributed by atoms with Crippen LogP contribution in [0.5, 0.6) is 0 Å². The summed E-state index contributed by atoms with van der Waals surface area (Å²) < 4.78 is 28.3. The van der Waals surface area contributed by atoms with Crippen molar-refractivity contribution >= 4 is 40.3 Å². The van der Waals surface area contributed by atoms with Gasteiger partial charge in [0.25, 0.3) is 5.91 Å². The lowest BCUT2D eigenvalue weighted by Gasteiger charge is -2.33. The number of rotatable bonds is 6. The fraction of sp³-hybridized carbons (Fsp3) is 0.238. The lowest BCUT2D eigenvalue weighted by atomic mass is 10.1. The number of nitrogens with one attached hydrogen (secondary N) is 2. The number of benzene rings is 1. The van der Waals surface area contributed by atoms with Crippen molar-refractivity contribution in [2.45, 2.75) is 18.9 Å². The third-order valence-electron chi connectivity index (χ3n) is 5.14. The van der Waals surface area contributed by atoms with Crippen molar-refractivity contribution in [3.05, 3.63) is 54.0 Å². The summed E-state index contributed by atoms with van der Waals surface area (Å²) in [6, 6.07) is 5.33. The molecule has 1 saturated heterocycles. The summed E-state index contributed by atoms with van der Waals surface area (Å²) in [7, 11) is 0. The summed E-state index contributed by atoms with van der Waals surface area (Å²) >= 11 is 0.764. The average molecular weight is 455 g/mol. The van der Waals surface area contributed by atoms with Gasteiger partial charge in [-0.15, -0.1) is 5.11 Å². The molecule has 32 heavy (non-hydrogen) atoms. The first-order chi connectivity index (χ1) is 15.5. The van der Waals surface area contributed by atoms with Gasteiger partial charge in [0.15, 0.2) is 10.7 Å². The smallest absolute Gasteiger partial charge is 0.277 e. The maximum Gasteiger partial charge on any atom is 0.277 e. The average Bonchev–Trinajstić information content (AvgIpc) is 3.23. The van der Waals surface area contributed by atoms with E-state index in [0.717, 1.165) is 48.5 Å². The van der Waals surface area contributed by atoms with Crippen LogP contribution in [-0.4, -0.2) is 41.7 Å². The fourth-order valence-electron chi connectivity index (χ4n) is 3.61. The Bertz CT molecular complexity index is 1160. The summed E-state index contributed by atoms with van der Waals surface area (Å²) in [4.78, 5) is 27.4. The summed E-state index contributed by atoms with van der Waals surface area (Å²) in [5, 5.41) is 5.95. The first-order valence-electron chi connectivity index (χ1n) is 9.80. The molecule has 1 atom stereocenters. The van der Waals surface area contributed by atoms with Crippen LogP contribution in [0.25, 0.3) is 10.6 Å². The van der Waals surface area contributed by atoms with Crippen LogP contribution < -0.4 is 10.2 Å². The maximum absolute atomic E-state index is 14.2. The minimum absolute atomic E-state index is 0.0560. The van der Waals surface area contributed by atoms with Crippen LogP contribution in [0.3, 0.4) is 0 Å². The van der Waals surface area contributed by atoms with E-state index in [1.807, 2.05) is 0 Å². The number of piperidine rings is 1. The van der Waals surface area contributed by atoms with Crippen molar-refractivity contribution in [3.63, 3.8) is 0 Å². The molecule has 3 aromatic rings. The summed E-state index contributed by atoms with van der Waals surface area (Å²) in [5.41, 5.74) is 8.04. The van der Waals surface area contributed by atoms with Crippen LogP contribution in [0, 0.1) is 17.2 Å². The monoisotopic (exact) mass is 455 g/mol. The van der Waals surface area contributed by atoms with E-state index in [0.29, 0.717) is 12.2 Å². The minimum Gasteiger partial charge on any atom is -0.368 e. The van der Waals surface area contributed by atoms with Gasteiger partial charge < -0.3 is 10.2 Å². The largest absolute Gasteiger partial charge is 0.368 e. The third kappa shape index (κ3) is 4.24. The lowest BCUT2D eigenvalue weighted by molar-refractivity contribution is 0.102. The highest BCUT2D eigenvalue weighted by Gasteiger charge is 2.25. The number of nitrogens with zero attached hydrogens (tertiary/aromatic N) is 5. The number of carbonyl (C=O) groups excluding carboxylic acids is 1. The molecule has 0 radical (unpaired) electrons. The standard InChI is InChI=1S/C21H19F2N7OS/c1-25-12-4-3-9-30(11-12)16-7-8-26-10-15(16)27-19(31)18-21(29-24)32-20(28-18)17-13(22)5-2-6-14(17)23/h2,5-8,10,12,24H,1,3-4,9,11H2,(H,27,31). The summed E-state index contributed by atoms with van der Waals surface area (Å²) in [6.45, 7) is 5.09. The van der Waals surface area contributed by atoms with Gasteiger partial charge in [0.2, 0.25) is 0 Å². The van der Waals surface area contributed by atoms with Gasteiger partial charge >= 0.3 is 0 Å². The van der Waals surface area contributed by atoms with E-state index in [4.69, 9.17) is 5.53 Å². The van der Waals surface area contributed by atoms with Gasteiger partial charge in [0.05, 0.1) is 29.2 Å². The number of aromatic nitrogens is 2. The zero-order chi connectivity index (χ0) is 22.7. The van der Waals surface area contributed by atoms with Gasteiger partial charge in [-0.2, -0.15) is 0 Å². The number of aliphatic imine (C=N–C) groups is 1. The molecule has 1 aliphatic heterocycles. The Labute approximate surface area is 186 Å². The molecule has 1 aromatic carbocycles. The van der Waals surface area contributed by atoms with Crippen LogP contribution >= 0.6 is 11.3 Å².